The Labute approximate surface area is 116 Å². The third-order valence-electron chi connectivity index (χ3n) is 3.04. The van der Waals surface area contributed by atoms with Crippen LogP contribution in [-0.2, 0) is 13.6 Å². The van der Waals surface area contributed by atoms with E-state index in [1.54, 1.807) is 0 Å². The number of nitrogens with zero attached hydrogens (tertiary/aromatic N) is 2. The Hall–Kier alpha value is -1.13. The van der Waals surface area contributed by atoms with E-state index in [-0.39, 0.29) is 0 Å². The number of aromatic nitrogens is 2. The first-order valence-electron chi connectivity index (χ1n) is 6.04. The van der Waals surface area contributed by atoms with Crippen LogP contribution in [0.1, 0.15) is 29.8 Å². The van der Waals surface area contributed by atoms with Gasteiger partial charge in [-0.25, -0.2) is 0 Å². The first-order valence-corrected chi connectivity index (χ1v) is 6.83. The summed E-state index contributed by atoms with van der Waals surface area (Å²) >= 11 is 3.44. The number of rotatable bonds is 4. The second-order valence-electron chi connectivity index (χ2n) is 4.57. The molecule has 0 spiro atoms. The van der Waals surface area contributed by atoms with E-state index in [0.717, 1.165) is 16.7 Å². The van der Waals surface area contributed by atoms with Crippen LogP contribution in [0.25, 0.3) is 0 Å². The van der Waals surface area contributed by atoms with E-state index in [0.29, 0.717) is 6.04 Å². The van der Waals surface area contributed by atoms with Crippen LogP contribution in [0.4, 0.5) is 0 Å². The summed E-state index contributed by atoms with van der Waals surface area (Å²) in [5, 5.41) is 7.89. The number of halogens is 1. The van der Waals surface area contributed by atoms with Crippen molar-refractivity contribution in [3.8, 4) is 0 Å². The van der Waals surface area contributed by atoms with Crippen LogP contribution in [0, 0.1) is 6.92 Å². The fourth-order valence-electron chi connectivity index (χ4n) is 2.03. The van der Waals surface area contributed by atoms with E-state index < -0.39 is 0 Å². The van der Waals surface area contributed by atoms with Crippen LogP contribution in [0.15, 0.2) is 34.9 Å². The number of hydrogen-bond acceptors (Lipinski definition) is 2. The van der Waals surface area contributed by atoms with E-state index >= 15 is 0 Å². The van der Waals surface area contributed by atoms with E-state index in [9.17, 15) is 0 Å². The molecule has 1 heterocycles. The fraction of sp³-hybridized carbons (Fsp3) is 0.357. The van der Waals surface area contributed by atoms with Gasteiger partial charge in [0.1, 0.15) is 0 Å². The van der Waals surface area contributed by atoms with Gasteiger partial charge in [-0.15, -0.1) is 0 Å². The summed E-state index contributed by atoms with van der Waals surface area (Å²) < 4.78 is 2.98. The minimum atomic E-state index is 0.308. The predicted octanol–water partition coefficient (Wildman–Crippen LogP) is 3.34. The van der Waals surface area contributed by atoms with Crippen molar-refractivity contribution in [2.24, 2.45) is 7.05 Å². The maximum atomic E-state index is 4.37. The third kappa shape index (κ3) is 3.21. The first-order chi connectivity index (χ1) is 8.56. The van der Waals surface area contributed by atoms with Gasteiger partial charge in [-0.2, -0.15) is 5.10 Å². The second-order valence-corrected chi connectivity index (χ2v) is 5.49. The highest BCUT2D eigenvalue weighted by Crippen LogP contribution is 2.16. The van der Waals surface area contributed by atoms with Crippen LogP contribution < -0.4 is 5.32 Å². The molecule has 1 aromatic heterocycles. The van der Waals surface area contributed by atoms with Crippen LogP contribution >= 0.6 is 15.9 Å². The van der Waals surface area contributed by atoms with Gasteiger partial charge in [0.15, 0.2) is 0 Å². The third-order valence-corrected chi connectivity index (χ3v) is 3.57. The highest BCUT2D eigenvalue weighted by molar-refractivity contribution is 9.10. The van der Waals surface area contributed by atoms with E-state index in [1.165, 1.54) is 11.1 Å². The first kappa shape index (κ1) is 13.3. The van der Waals surface area contributed by atoms with E-state index in [4.69, 9.17) is 0 Å². The summed E-state index contributed by atoms with van der Waals surface area (Å²) in [5.41, 5.74) is 3.63. The Bertz CT molecular complexity index is 516. The van der Waals surface area contributed by atoms with Gasteiger partial charge in [0.2, 0.25) is 0 Å². The normalized spacial score (nSPS) is 12.7. The molecule has 0 fully saturated rings. The molecule has 1 atom stereocenters. The van der Waals surface area contributed by atoms with Crippen molar-refractivity contribution in [1.29, 1.82) is 0 Å². The van der Waals surface area contributed by atoms with Crippen molar-refractivity contribution in [3.63, 3.8) is 0 Å². The molecule has 2 rings (SSSR count). The summed E-state index contributed by atoms with van der Waals surface area (Å²) in [6.07, 6.45) is 2.08. The molecule has 2 aromatic rings. The second kappa shape index (κ2) is 5.67. The molecule has 0 saturated heterocycles. The van der Waals surface area contributed by atoms with Gasteiger partial charge in [0, 0.05) is 35.9 Å². The zero-order valence-electron chi connectivity index (χ0n) is 10.9. The Morgan fingerprint density at radius 1 is 1.33 bits per heavy atom. The van der Waals surface area contributed by atoms with E-state index in [1.807, 2.05) is 18.7 Å². The smallest absolute Gasteiger partial charge is 0.0641 e. The van der Waals surface area contributed by atoms with Crippen molar-refractivity contribution in [2.45, 2.75) is 26.4 Å². The standard InChI is InChI=1S/C14H18BrN3/c1-10(14-9-18(3)17-11(14)2)16-8-12-4-6-13(15)7-5-12/h4-7,9-10,16H,8H2,1-3H3. The number of aryl methyl sites for hydroxylation is 2. The van der Waals surface area contributed by atoms with Gasteiger partial charge in [-0.05, 0) is 31.5 Å². The molecule has 0 aliphatic carbocycles. The molecule has 0 aliphatic heterocycles. The summed E-state index contributed by atoms with van der Waals surface area (Å²) in [4.78, 5) is 0. The van der Waals surface area contributed by atoms with Crippen molar-refractivity contribution in [2.75, 3.05) is 0 Å². The minimum Gasteiger partial charge on any atom is -0.306 e. The minimum absolute atomic E-state index is 0.308. The predicted molar refractivity (Wildman–Crippen MR) is 77.3 cm³/mol. The maximum Gasteiger partial charge on any atom is 0.0641 e. The van der Waals surface area contributed by atoms with Crippen molar-refractivity contribution in [3.05, 3.63) is 51.8 Å². The molecule has 0 amide bonds. The topological polar surface area (TPSA) is 29.9 Å². The van der Waals surface area contributed by atoms with Gasteiger partial charge < -0.3 is 5.32 Å². The van der Waals surface area contributed by atoms with Gasteiger partial charge in [0.25, 0.3) is 0 Å². The highest BCUT2D eigenvalue weighted by atomic mass is 79.9. The molecule has 3 nitrogen and oxygen atoms in total. The maximum absolute atomic E-state index is 4.37. The molecule has 0 radical (unpaired) electrons. The summed E-state index contributed by atoms with van der Waals surface area (Å²) in [6.45, 7) is 5.08. The molecule has 18 heavy (non-hydrogen) atoms. The Balaban J connectivity index is 1.98. The van der Waals surface area contributed by atoms with Crippen molar-refractivity contribution < 1.29 is 0 Å². The van der Waals surface area contributed by atoms with Crippen LogP contribution in [0.2, 0.25) is 0 Å². The zero-order valence-corrected chi connectivity index (χ0v) is 12.5. The van der Waals surface area contributed by atoms with E-state index in [2.05, 4.69) is 63.7 Å². The monoisotopic (exact) mass is 307 g/mol. The fourth-order valence-corrected chi connectivity index (χ4v) is 2.29. The zero-order chi connectivity index (χ0) is 13.1. The van der Waals surface area contributed by atoms with Crippen LogP contribution in [-0.4, -0.2) is 9.78 Å². The molecule has 0 bridgehead atoms. The Morgan fingerprint density at radius 2 is 2.00 bits per heavy atom. The molecule has 0 aliphatic rings. The van der Waals surface area contributed by atoms with Crippen molar-refractivity contribution in [1.82, 2.24) is 15.1 Å². The van der Waals surface area contributed by atoms with Crippen LogP contribution in [0.5, 0.6) is 0 Å². The molecule has 4 heteroatoms. The van der Waals surface area contributed by atoms with Crippen molar-refractivity contribution >= 4 is 15.9 Å². The lowest BCUT2D eigenvalue weighted by molar-refractivity contribution is 0.572. The van der Waals surface area contributed by atoms with Gasteiger partial charge >= 0.3 is 0 Å². The molecule has 96 valence electrons. The summed E-state index contributed by atoms with van der Waals surface area (Å²) in [6, 6.07) is 8.69. The summed E-state index contributed by atoms with van der Waals surface area (Å²) in [7, 11) is 1.96. The largest absolute Gasteiger partial charge is 0.306 e. The molecule has 1 unspecified atom stereocenters. The lowest BCUT2D eigenvalue weighted by atomic mass is 10.1. The average Bonchev–Trinajstić information content (AvgIpc) is 2.67. The Morgan fingerprint density at radius 3 is 2.56 bits per heavy atom. The summed E-state index contributed by atoms with van der Waals surface area (Å²) in [5.74, 6) is 0. The SMILES string of the molecule is Cc1nn(C)cc1C(C)NCc1ccc(Br)cc1. The Kier molecular flexibility index (Phi) is 4.19. The quantitative estimate of drug-likeness (QED) is 0.939. The lowest BCUT2D eigenvalue weighted by Gasteiger charge is -2.13. The number of nitrogens with one attached hydrogen (secondary N) is 1. The highest BCUT2D eigenvalue weighted by Gasteiger charge is 2.10. The van der Waals surface area contributed by atoms with Gasteiger partial charge in [-0.1, -0.05) is 28.1 Å². The molecule has 1 N–H and O–H groups in total. The van der Waals surface area contributed by atoms with Gasteiger partial charge in [-0.3, -0.25) is 4.68 Å². The van der Waals surface area contributed by atoms with Gasteiger partial charge in [0.05, 0.1) is 5.69 Å². The van der Waals surface area contributed by atoms with Crippen LogP contribution in [0.3, 0.4) is 0 Å². The number of benzene rings is 1. The molecular formula is C14H18BrN3. The number of hydrogen-bond donors (Lipinski definition) is 1. The molecular weight excluding hydrogens is 290 g/mol. The average molecular weight is 308 g/mol. The lowest BCUT2D eigenvalue weighted by Crippen LogP contribution is -2.18. The molecule has 1 aromatic carbocycles. The molecule has 0 saturated carbocycles.